The van der Waals surface area contributed by atoms with Crippen molar-refractivity contribution in [2.75, 3.05) is 13.1 Å². The van der Waals surface area contributed by atoms with Gasteiger partial charge in [0.1, 0.15) is 0 Å². The van der Waals surface area contributed by atoms with E-state index in [2.05, 4.69) is 5.32 Å². The molecule has 0 amide bonds. The van der Waals surface area contributed by atoms with Gasteiger partial charge in [0, 0.05) is 10.0 Å². The summed E-state index contributed by atoms with van der Waals surface area (Å²) in [5.41, 5.74) is 1.17. The number of hydrogen-bond donors (Lipinski definition) is 1. The van der Waals surface area contributed by atoms with Gasteiger partial charge in [-0.15, -0.1) is 0 Å². The van der Waals surface area contributed by atoms with Crippen molar-refractivity contribution in [2.45, 2.75) is 12.8 Å². The number of rotatable bonds is 3. The molecule has 76 valence electrons. The molecule has 0 aromatic heterocycles. The van der Waals surface area contributed by atoms with Gasteiger partial charge in [0.05, 0.1) is 0 Å². The Labute approximate surface area is 94.4 Å². The van der Waals surface area contributed by atoms with Crippen molar-refractivity contribution in [1.82, 2.24) is 5.32 Å². The van der Waals surface area contributed by atoms with E-state index < -0.39 is 0 Å². The minimum Gasteiger partial charge on any atom is -0.316 e. The summed E-state index contributed by atoms with van der Waals surface area (Å²) < 4.78 is 0. The Bertz CT molecular complexity index is 321. The molecule has 0 bridgehead atoms. The van der Waals surface area contributed by atoms with Crippen molar-refractivity contribution in [1.29, 1.82) is 0 Å². The highest BCUT2D eigenvalue weighted by molar-refractivity contribution is 6.33. The molecule has 0 saturated carbocycles. The summed E-state index contributed by atoms with van der Waals surface area (Å²) in [4.78, 5) is 0. The fourth-order valence-corrected chi connectivity index (χ4v) is 2.05. The van der Waals surface area contributed by atoms with Gasteiger partial charge in [0.15, 0.2) is 0 Å². The number of nitrogens with one attached hydrogen (secondary N) is 1. The molecule has 0 aliphatic carbocycles. The van der Waals surface area contributed by atoms with Crippen LogP contribution in [0.4, 0.5) is 0 Å². The average molecular weight is 230 g/mol. The molecule has 1 aliphatic heterocycles. The average Bonchev–Trinajstić information content (AvgIpc) is 2.08. The Morgan fingerprint density at radius 1 is 1.29 bits per heavy atom. The minimum absolute atomic E-state index is 0.774. The molecule has 0 spiro atoms. The van der Waals surface area contributed by atoms with E-state index in [1.54, 1.807) is 0 Å². The van der Waals surface area contributed by atoms with Crippen LogP contribution in [0, 0.1) is 5.92 Å². The molecule has 3 heteroatoms. The quantitative estimate of drug-likeness (QED) is 0.841. The predicted molar refractivity (Wildman–Crippen MR) is 61.1 cm³/mol. The smallest absolute Gasteiger partial charge is 0.0439 e. The normalized spacial score (nSPS) is 16.7. The van der Waals surface area contributed by atoms with E-state index in [0.717, 1.165) is 35.5 Å². The second-order valence-corrected chi connectivity index (χ2v) is 4.64. The van der Waals surface area contributed by atoms with Crippen molar-refractivity contribution in [3.8, 4) is 0 Å². The molecule has 0 atom stereocenters. The Hall–Kier alpha value is -0.240. The monoisotopic (exact) mass is 229 g/mol. The molecule has 0 radical (unpaired) electrons. The third-order valence-electron chi connectivity index (χ3n) is 2.70. The highest BCUT2D eigenvalue weighted by Gasteiger charge is 2.16. The van der Waals surface area contributed by atoms with Crippen LogP contribution in [0.3, 0.4) is 0 Å². The van der Waals surface area contributed by atoms with Crippen LogP contribution in [0.5, 0.6) is 0 Å². The second-order valence-electron chi connectivity index (χ2n) is 3.80. The topological polar surface area (TPSA) is 12.0 Å². The number of aryl methyl sites for hydroxylation is 1. The lowest BCUT2D eigenvalue weighted by Crippen LogP contribution is -2.42. The van der Waals surface area contributed by atoms with E-state index >= 15 is 0 Å². The van der Waals surface area contributed by atoms with Crippen LogP contribution in [0.2, 0.25) is 10.0 Å². The first-order valence-electron chi connectivity index (χ1n) is 4.90. The van der Waals surface area contributed by atoms with E-state index in [0.29, 0.717) is 0 Å². The summed E-state index contributed by atoms with van der Waals surface area (Å²) in [6.07, 6.45) is 2.23. The largest absolute Gasteiger partial charge is 0.316 e. The van der Waals surface area contributed by atoms with Crippen LogP contribution in [0.1, 0.15) is 12.0 Å². The first-order chi connectivity index (χ1) is 6.75. The lowest BCUT2D eigenvalue weighted by atomic mass is 9.95. The van der Waals surface area contributed by atoms with Crippen molar-refractivity contribution < 1.29 is 0 Å². The van der Waals surface area contributed by atoms with Gasteiger partial charge >= 0.3 is 0 Å². The Morgan fingerprint density at radius 2 is 2.07 bits per heavy atom. The Morgan fingerprint density at radius 3 is 2.71 bits per heavy atom. The van der Waals surface area contributed by atoms with Crippen molar-refractivity contribution in [3.05, 3.63) is 33.8 Å². The Kier molecular flexibility index (Phi) is 3.32. The molecule has 0 unspecified atom stereocenters. The van der Waals surface area contributed by atoms with E-state index in [1.807, 2.05) is 18.2 Å². The highest BCUT2D eigenvalue weighted by Crippen LogP contribution is 2.23. The molecule has 2 rings (SSSR count). The third kappa shape index (κ3) is 2.41. The fourth-order valence-electron chi connectivity index (χ4n) is 1.65. The summed E-state index contributed by atoms with van der Waals surface area (Å²) in [6, 6.07) is 5.67. The molecular formula is C11H13Cl2N. The molecule has 1 fully saturated rings. The van der Waals surface area contributed by atoms with E-state index in [-0.39, 0.29) is 0 Å². The molecule has 1 N–H and O–H groups in total. The first kappa shape index (κ1) is 10.3. The van der Waals surface area contributed by atoms with Gasteiger partial charge in [-0.3, -0.25) is 0 Å². The fraction of sp³-hybridized carbons (Fsp3) is 0.455. The summed E-state index contributed by atoms with van der Waals surface area (Å²) in [7, 11) is 0. The number of hydrogen-bond acceptors (Lipinski definition) is 1. The number of benzene rings is 1. The Balaban J connectivity index is 1.96. The standard InChI is InChI=1S/C11H13Cl2N/c12-10-3-4-11(13)9(5-10)2-1-8-6-14-7-8/h3-5,8,14H,1-2,6-7H2. The van der Waals surface area contributed by atoms with Gasteiger partial charge in [-0.1, -0.05) is 23.2 Å². The molecule has 1 aromatic carbocycles. The van der Waals surface area contributed by atoms with Crippen LogP contribution in [0.15, 0.2) is 18.2 Å². The van der Waals surface area contributed by atoms with E-state index in [9.17, 15) is 0 Å². The zero-order valence-electron chi connectivity index (χ0n) is 7.89. The summed E-state index contributed by atoms with van der Waals surface area (Å²) in [5, 5.41) is 4.87. The molecule has 1 nitrogen and oxygen atoms in total. The number of halogens is 2. The maximum atomic E-state index is 6.07. The van der Waals surface area contributed by atoms with Crippen molar-refractivity contribution in [3.63, 3.8) is 0 Å². The van der Waals surface area contributed by atoms with E-state index in [4.69, 9.17) is 23.2 Å². The van der Waals surface area contributed by atoms with Gasteiger partial charge < -0.3 is 5.32 Å². The van der Waals surface area contributed by atoms with Crippen molar-refractivity contribution in [2.24, 2.45) is 5.92 Å². The maximum absolute atomic E-state index is 6.07. The second kappa shape index (κ2) is 4.52. The predicted octanol–water partition coefficient (Wildman–Crippen LogP) is 3.15. The van der Waals surface area contributed by atoms with Gasteiger partial charge in [-0.2, -0.15) is 0 Å². The van der Waals surface area contributed by atoms with Crippen LogP contribution in [-0.4, -0.2) is 13.1 Å². The summed E-state index contributed by atoms with van der Waals surface area (Å²) in [6.45, 7) is 2.30. The van der Waals surface area contributed by atoms with Crippen LogP contribution < -0.4 is 5.32 Å². The summed E-state index contributed by atoms with van der Waals surface area (Å²) >= 11 is 12.0. The minimum atomic E-state index is 0.774. The zero-order chi connectivity index (χ0) is 9.97. The molecule has 1 aromatic rings. The SMILES string of the molecule is Clc1ccc(Cl)c(CCC2CNC2)c1. The zero-order valence-corrected chi connectivity index (χ0v) is 9.41. The van der Waals surface area contributed by atoms with Crippen LogP contribution in [0.25, 0.3) is 0 Å². The molecule has 14 heavy (non-hydrogen) atoms. The van der Waals surface area contributed by atoms with Gasteiger partial charge in [-0.25, -0.2) is 0 Å². The van der Waals surface area contributed by atoms with Gasteiger partial charge in [0.2, 0.25) is 0 Å². The summed E-state index contributed by atoms with van der Waals surface area (Å²) in [5.74, 6) is 0.824. The maximum Gasteiger partial charge on any atom is 0.0439 e. The first-order valence-corrected chi connectivity index (χ1v) is 5.66. The lowest BCUT2D eigenvalue weighted by molar-refractivity contribution is 0.328. The highest BCUT2D eigenvalue weighted by atomic mass is 35.5. The van der Waals surface area contributed by atoms with Crippen molar-refractivity contribution >= 4 is 23.2 Å². The van der Waals surface area contributed by atoms with Crippen LogP contribution in [-0.2, 0) is 6.42 Å². The molecular weight excluding hydrogens is 217 g/mol. The molecule has 1 aliphatic rings. The molecule has 1 saturated heterocycles. The van der Waals surface area contributed by atoms with Gasteiger partial charge in [-0.05, 0) is 55.6 Å². The third-order valence-corrected chi connectivity index (χ3v) is 3.30. The van der Waals surface area contributed by atoms with E-state index in [1.165, 1.54) is 12.0 Å². The molecule has 1 heterocycles. The lowest BCUT2D eigenvalue weighted by Gasteiger charge is -2.27. The van der Waals surface area contributed by atoms with Gasteiger partial charge in [0.25, 0.3) is 0 Å². The van der Waals surface area contributed by atoms with Crippen LogP contribution >= 0.6 is 23.2 Å².